The van der Waals surface area contributed by atoms with Crippen LogP contribution < -0.4 is 22.3 Å². The molecule has 1 amide bonds. The number of halogens is 1. The lowest BCUT2D eigenvalue weighted by Crippen LogP contribution is -3.00. The van der Waals surface area contributed by atoms with Gasteiger partial charge in [-0.15, -0.1) is 0 Å². The molecule has 0 unspecified atom stereocenters. The lowest BCUT2D eigenvalue weighted by molar-refractivity contribution is -0.671. The largest absolute Gasteiger partial charge is 1.00 e. The number of nitrogens with one attached hydrogen (secondary N) is 1. The van der Waals surface area contributed by atoms with Gasteiger partial charge < -0.3 is 35.7 Å². The van der Waals surface area contributed by atoms with Crippen LogP contribution in [-0.2, 0) is 31.6 Å². The Bertz CT molecular complexity index is 477. The van der Waals surface area contributed by atoms with Crippen molar-refractivity contribution in [3.63, 3.8) is 0 Å². The van der Waals surface area contributed by atoms with Crippen LogP contribution in [0.25, 0.3) is 0 Å². The molecule has 0 aromatic carbocycles. The van der Waals surface area contributed by atoms with Gasteiger partial charge in [0.05, 0.1) is 20.2 Å². The second kappa shape index (κ2) is 13.1. The van der Waals surface area contributed by atoms with Crippen molar-refractivity contribution in [3.8, 4) is 0 Å². The number of rotatable bonds is 12. The first-order valence-corrected chi connectivity index (χ1v) is 10.1. The fourth-order valence-corrected chi connectivity index (χ4v) is 4.02. The van der Waals surface area contributed by atoms with E-state index < -0.39 is 8.80 Å². The average Bonchev–Trinajstić information content (AvgIpc) is 3.01. The van der Waals surface area contributed by atoms with Gasteiger partial charge in [-0.05, 0) is 19.3 Å². The number of amides is 1. The number of hydrogen-bond donors (Lipinski definition) is 1. The Morgan fingerprint density at radius 3 is 2.40 bits per heavy atom. The molecule has 0 radical (unpaired) electrons. The van der Waals surface area contributed by atoms with Crippen LogP contribution in [0.1, 0.15) is 19.3 Å². The highest BCUT2D eigenvalue weighted by atomic mass is 35.5. The first kappa shape index (κ1) is 23.9. The van der Waals surface area contributed by atoms with Crippen LogP contribution in [0, 0.1) is 0 Å². The third kappa shape index (κ3) is 9.22. The van der Waals surface area contributed by atoms with Crippen molar-refractivity contribution >= 4 is 14.9 Å². The predicted octanol–water partition coefficient (Wildman–Crippen LogP) is -1.91. The van der Waals surface area contributed by atoms with Gasteiger partial charge in [0, 0.05) is 33.9 Å². The van der Waals surface area contributed by atoms with Crippen molar-refractivity contribution in [1.29, 1.82) is 0 Å². The molecule has 0 aliphatic carbocycles. The number of aryl methyl sites for hydroxylation is 2. The predicted molar refractivity (Wildman–Crippen MR) is 90.4 cm³/mol. The van der Waals surface area contributed by atoms with Crippen LogP contribution >= 0.6 is 0 Å². The number of ether oxygens (including phenoxy) is 1. The molecule has 10 heteroatoms. The maximum absolute atomic E-state index is 11.6. The van der Waals surface area contributed by atoms with Crippen molar-refractivity contribution in [2.45, 2.75) is 31.9 Å². The number of alkyl carbamates (subject to hydrolysis) is 1. The standard InChI is InChI=1S/C15H29N3O5Si.ClH/c1-17-10-11-18(14-17)9-5-6-12-23-15(19)16-8-7-13-24(20-2,21-3)22-4;/h10-11,14H,5-9,12-13H2,1-4H3;1H. The number of carbonyl (C=O) groups excluding carboxylic acids is 1. The van der Waals surface area contributed by atoms with Crippen LogP contribution in [0.3, 0.4) is 0 Å². The average molecular weight is 396 g/mol. The summed E-state index contributed by atoms with van der Waals surface area (Å²) in [4.78, 5) is 11.6. The first-order chi connectivity index (χ1) is 11.5. The zero-order valence-corrected chi connectivity index (χ0v) is 17.3. The Morgan fingerprint density at radius 1 is 1.16 bits per heavy atom. The highest BCUT2D eigenvalue weighted by Crippen LogP contribution is 2.14. The molecule has 146 valence electrons. The van der Waals surface area contributed by atoms with Crippen LogP contribution in [0.2, 0.25) is 6.04 Å². The minimum Gasteiger partial charge on any atom is -1.00 e. The van der Waals surface area contributed by atoms with E-state index in [0.29, 0.717) is 25.6 Å². The maximum Gasteiger partial charge on any atom is 0.500 e. The Balaban J connectivity index is 0.00000576. The topological polar surface area (TPSA) is 74.8 Å². The van der Waals surface area contributed by atoms with E-state index in [-0.39, 0.29) is 18.5 Å². The lowest BCUT2D eigenvalue weighted by Gasteiger charge is -2.24. The van der Waals surface area contributed by atoms with Gasteiger partial charge in [0.15, 0.2) is 0 Å². The van der Waals surface area contributed by atoms with Gasteiger partial charge in [-0.25, -0.2) is 13.9 Å². The van der Waals surface area contributed by atoms with Crippen molar-refractivity contribution in [2.24, 2.45) is 7.05 Å². The summed E-state index contributed by atoms with van der Waals surface area (Å²) < 4.78 is 25.2. The first-order valence-electron chi connectivity index (χ1n) is 8.12. The number of hydrogen-bond acceptors (Lipinski definition) is 5. The van der Waals surface area contributed by atoms with Gasteiger partial charge in [0.25, 0.3) is 0 Å². The minimum atomic E-state index is -2.55. The van der Waals surface area contributed by atoms with Gasteiger partial charge in [-0.2, -0.15) is 0 Å². The zero-order chi connectivity index (χ0) is 17.8. The molecule has 1 heterocycles. The van der Waals surface area contributed by atoms with Crippen LogP contribution in [-0.4, -0.2) is 53.9 Å². The SMILES string of the molecule is CO[Si](CCCNC(=O)OCCCCn1cc[n+](C)c1)(OC)OC.[Cl-]. The van der Waals surface area contributed by atoms with E-state index in [1.807, 2.05) is 30.3 Å². The quantitative estimate of drug-likeness (QED) is 0.254. The van der Waals surface area contributed by atoms with Gasteiger partial charge >= 0.3 is 14.9 Å². The molecule has 1 aromatic heterocycles. The second-order valence-corrected chi connectivity index (χ2v) is 8.58. The molecule has 0 aliphatic heterocycles. The van der Waals surface area contributed by atoms with Crippen molar-refractivity contribution < 1.29 is 39.8 Å². The van der Waals surface area contributed by atoms with E-state index in [1.165, 1.54) is 0 Å². The van der Waals surface area contributed by atoms with E-state index in [4.69, 9.17) is 18.0 Å². The molecule has 8 nitrogen and oxygen atoms in total. The molecule has 0 spiro atoms. The zero-order valence-electron chi connectivity index (χ0n) is 15.5. The number of aromatic nitrogens is 2. The number of imidazole rings is 1. The van der Waals surface area contributed by atoms with E-state index in [9.17, 15) is 4.79 Å². The Kier molecular flexibility index (Phi) is 12.5. The monoisotopic (exact) mass is 395 g/mol. The van der Waals surface area contributed by atoms with Crippen molar-refractivity contribution in [1.82, 2.24) is 9.88 Å². The molecular formula is C15H30ClN3O5Si. The highest BCUT2D eigenvalue weighted by molar-refractivity contribution is 6.60. The molecule has 0 saturated heterocycles. The fourth-order valence-electron chi connectivity index (χ4n) is 2.30. The number of unbranched alkanes of at least 4 members (excludes halogenated alkanes) is 1. The van der Waals surface area contributed by atoms with Crippen LogP contribution in [0.4, 0.5) is 4.79 Å². The molecule has 0 saturated carbocycles. The highest BCUT2D eigenvalue weighted by Gasteiger charge is 2.36. The van der Waals surface area contributed by atoms with Crippen LogP contribution in [0.5, 0.6) is 0 Å². The van der Waals surface area contributed by atoms with Gasteiger partial charge in [-0.3, -0.25) is 0 Å². The minimum absolute atomic E-state index is 0. The molecule has 0 atom stereocenters. The molecule has 1 aromatic rings. The van der Waals surface area contributed by atoms with Gasteiger partial charge in [0.2, 0.25) is 6.33 Å². The number of nitrogens with zero attached hydrogens (tertiary/aromatic N) is 2. The van der Waals surface area contributed by atoms with E-state index in [0.717, 1.165) is 19.4 Å². The summed E-state index contributed by atoms with van der Waals surface area (Å²) in [5.74, 6) is 0. The molecule has 0 fully saturated rings. The Hall–Kier alpha value is -1.13. The molecule has 0 aliphatic rings. The normalized spacial score (nSPS) is 11.0. The fraction of sp³-hybridized carbons (Fsp3) is 0.733. The summed E-state index contributed by atoms with van der Waals surface area (Å²) in [6, 6.07) is 0.644. The summed E-state index contributed by atoms with van der Waals surface area (Å²) in [5, 5.41) is 2.73. The molecule has 0 bridgehead atoms. The second-order valence-electron chi connectivity index (χ2n) is 5.49. The molecule has 1 rings (SSSR count). The van der Waals surface area contributed by atoms with Crippen LogP contribution in [0.15, 0.2) is 18.7 Å². The summed E-state index contributed by atoms with van der Waals surface area (Å²) in [7, 11) is 4.17. The van der Waals surface area contributed by atoms with Gasteiger partial charge in [-0.1, -0.05) is 0 Å². The van der Waals surface area contributed by atoms with Crippen molar-refractivity contribution in [2.75, 3.05) is 34.5 Å². The van der Waals surface area contributed by atoms with Crippen molar-refractivity contribution in [3.05, 3.63) is 18.7 Å². The maximum atomic E-state index is 11.6. The number of carbonyl (C=O) groups is 1. The third-order valence-electron chi connectivity index (χ3n) is 3.73. The third-order valence-corrected chi connectivity index (χ3v) is 6.56. The smallest absolute Gasteiger partial charge is 0.500 e. The van der Waals surface area contributed by atoms with E-state index in [2.05, 4.69) is 9.88 Å². The van der Waals surface area contributed by atoms with E-state index in [1.54, 1.807) is 21.3 Å². The Labute approximate surface area is 157 Å². The lowest BCUT2D eigenvalue weighted by atomic mass is 10.3. The summed E-state index contributed by atoms with van der Waals surface area (Å²) >= 11 is 0. The summed E-state index contributed by atoms with van der Waals surface area (Å²) in [6.45, 7) is 1.85. The Morgan fingerprint density at radius 2 is 1.84 bits per heavy atom. The van der Waals surface area contributed by atoms with E-state index >= 15 is 0 Å². The summed E-state index contributed by atoms with van der Waals surface area (Å²) in [6.07, 6.45) is 8.17. The summed E-state index contributed by atoms with van der Waals surface area (Å²) in [5.41, 5.74) is 0. The van der Waals surface area contributed by atoms with Gasteiger partial charge in [0.1, 0.15) is 12.4 Å². The molecule has 25 heavy (non-hydrogen) atoms. The molecule has 1 N–H and O–H groups in total. The molecular weight excluding hydrogens is 366 g/mol.